The molecule has 0 unspecified atom stereocenters. The summed E-state index contributed by atoms with van der Waals surface area (Å²) in [5, 5.41) is 11.4. The van der Waals surface area contributed by atoms with Crippen molar-refractivity contribution < 1.29 is 4.79 Å². The number of anilines is 2. The molecule has 2 N–H and O–H groups in total. The normalized spacial score (nSPS) is 10.8. The molecule has 0 aliphatic rings. The lowest BCUT2D eigenvalue weighted by atomic mass is 10.1. The summed E-state index contributed by atoms with van der Waals surface area (Å²) in [6.07, 6.45) is 0. The van der Waals surface area contributed by atoms with Crippen molar-refractivity contribution in [3.05, 3.63) is 113 Å². The third-order valence-corrected chi connectivity index (χ3v) is 5.60. The number of benzene rings is 3. The fourth-order valence-electron chi connectivity index (χ4n) is 3.54. The third kappa shape index (κ3) is 4.56. The minimum absolute atomic E-state index is 0.158. The van der Waals surface area contributed by atoms with Gasteiger partial charge < -0.3 is 10.6 Å². The van der Waals surface area contributed by atoms with E-state index in [0.29, 0.717) is 23.1 Å². The smallest absolute Gasteiger partial charge is 0.251 e. The topological polar surface area (TPSA) is 71.3 Å². The molecule has 0 saturated carbocycles. The van der Waals surface area contributed by atoms with E-state index in [1.165, 1.54) is 0 Å². The molecule has 0 bridgehead atoms. The second kappa shape index (κ2) is 9.14. The van der Waals surface area contributed by atoms with Gasteiger partial charge in [-0.25, -0.2) is 4.52 Å². The van der Waals surface area contributed by atoms with Gasteiger partial charge in [0.1, 0.15) is 0 Å². The SMILES string of the molecule is O=C(NCc1ccccc1Cl)c1ccc(-c2cccc3nc(Nc4ccccc4)nn23)cc1. The molecule has 0 fully saturated rings. The molecule has 6 nitrogen and oxygen atoms in total. The van der Waals surface area contributed by atoms with E-state index in [0.717, 1.165) is 28.2 Å². The van der Waals surface area contributed by atoms with Crippen molar-refractivity contribution in [3.63, 3.8) is 0 Å². The van der Waals surface area contributed by atoms with E-state index < -0.39 is 0 Å². The van der Waals surface area contributed by atoms with Crippen LogP contribution in [0.1, 0.15) is 15.9 Å². The molecule has 2 aromatic heterocycles. The van der Waals surface area contributed by atoms with Crippen molar-refractivity contribution in [1.29, 1.82) is 0 Å². The summed E-state index contributed by atoms with van der Waals surface area (Å²) >= 11 is 6.17. The van der Waals surface area contributed by atoms with Gasteiger partial charge in [0, 0.05) is 28.4 Å². The molecular weight excluding hydrogens is 434 g/mol. The van der Waals surface area contributed by atoms with Gasteiger partial charge in [0.05, 0.1) is 5.69 Å². The second-order valence-electron chi connectivity index (χ2n) is 7.46. The Morgan fingerprint density at radius 2 is 1.61 bits per heavy atom. The molecule has 2 heterocycles. The Labute approximate surface area is 195 Å². The highest BCUT2D eigenvalue weighted by atomic mass is 35.5. The summed E-state index contributed by atoms with van der Waals surface area (Å²) in [5.74, 6) is 0.360. The van der Waals surface area contributed by atoms with Gasteiger partial charge in [0.25, 0.3) is 5.91 Å². The van der Waals surface area contributed by atoms with Crippen LogP contribution in [0.25, 0.3) is 16.9 Å². The van der Waals surface area contributed by atoms with Crippen LogP contribution < -0.4 is 10.6 Å². The number of carbonyl (C=O) groups is 1. The van der Waals surface area contributed by atoms with Gasteiger partial charge in [0.15, 0.2) is 5.65 Å². The van der Waals surface area contributed by atoms with Gasteiger partial charge in [-0.3, -0.25) is 4.79 Å². The number of fused-ring (bicyclic) bond motifs is 1. The molecule has 0 spiro atoms. The van der Waals surface area contributed by atoms with Gasteiger partial charge >= 0.3 is 0 Å². The van der Waals surface area contributed by atoms with Crippen molar-refractivity contribution in [2.45, 2.75) is 6.54 Å². The Morgan fingerprint density at radius 3 is 2.39 bits per heavy atom. The summed E-state index contributed by atoms with van der Waals surface area (Å²) < 4.78 is 1.79. The summed E-state index contributed by atoms with van der Waals surface area (Å²) in [4.78, 5) is 17.1. The van der Waals surface area contributed by atoms with Crippen molar-refractivity contribution >= 4 is 34.8 Å². The Morgan fingerprint density at radius 1 is 0.848 bits per heavy atom. The van der Waals surface area contributed by atoms with Crippen LogP contribution in [0.2, 0.25) is 5.02 Å². The lowest BCUT2D eigenvalue weighted by Crippen LogP contribution is -2.22. The number of nitrogens with zero attached hydrogens (tertiary/aromatic N) is 3. The first-order valence-electron chi connectivity index (χ1n) is 10.5. The van der Waals surface area contributed by atoms with E-state index in [4.69, 9.17) is 11.6 Å². The number of hydrogen-bond acceptors (Lipinski definition) is 4. The number of hydrogen-bond donors (Lipinski definition) is 2. The maximum absolute atomic E-state index is 12.6. The summed E-state index contributed by atoms with van der Waals surface area (Å²) in [6.45, 7) is 0.371. The van der Waals surface area contributed by atoms with Crippen LogP contribution in [-0.4, -0.2) is 20.5 Å². The van der Waals surface area contributed by atoms with Crippen molar-refractivity contribution in [2.24, 2.45) is 0 Å². The number of pyridine rings is 1. The molecule has 162 valence electrons. The van der Waals surface area contributed by atoms with Crippen LogP contribution in [0.15, 0.2) is 97.1 Å². The number of carbonyl (C=O) groups excluding carboxylic acids is 1. The van der Waals surface area contributed by atoms with Crippen molar-refractivity contribution in [3.8, 4) is 11.3 Å². The number of aromatic nitrogens is 3. The molecule has 0 aliphatic carbocycles. The second-order valence-corrected chi connectivity index (χ2v) is 7.87. The quantitative estimate of drug-likeness (QED) is 0.345. The standard InChI is InChI=1S/C26H20ClN5O/c27-22-10-5-4-7-20(22)17-28-25(33)19-15-13-18(14-16-19)23-11-6-12-24-30-26(31-32(23)24)29-21-8-2-1-3-9-21/h1-16H,17H2,(H,28,33)(H,29,31). The van der Waals surface area contributed by atoms with Crippen molar-refractivity contribution in [1.82, 2.24) is 19.9 Å². The number of halogens is 1. The van der Waals surface area contributed by atoms with E-state index >= 15 is 0 Å². The van der Waals surface area contributed by atoms with Crippen LogP contribution in [0, 0.1) is 0 Å². The monoisotopic (exact) mass is 453 g/mol. The summed E-state index contributed by atoms with van der Waals surface area (Å²) in [6, 6.07) is 30.5. The molecule has 0 aliphatic heterocycles. The average molecular weight is 454 g/mol. The van der Waals surface area contributed by atoms with E-state index in [2.05, 4.69) is 20.7 Å². The predicted molar refractivity (Wildman–Crippen MR) is 131 cm³/mol. The highest BCUT2D eigenvalue weighted by Crippen LogP contribution is 2.23. The molecule has 0 radical (unpaired) electrons. The van der Waals surface area contributed by atoms with Crippen LogP contribution in [0.4, 0.5) is 11.6 Å². The number of nitrogens with one attached hydrogen (secondary N) is 2. The van der Waals surface area contributed by atoms with Crippen LogP contribution in [0.3, 0.4) is 0 Å². The summed E-state index contributed by atoms with van der Waals surface area (Å²) in [5.41, 5.74) is 4.91. The Hall–Kier alpha value is -4.16. The lowest BCUT2D eigenvalue weighted by molar-refractivity contribution is 0.0951. The van der Waals surface area contributed by atoms with Crippen LogP contribution >= 0.6 is 11.6 Å². The molecule has 33 heavy (non-hydrogen) atoms. The first-order valence-corrected chi connectivity index (χ1v) is 10.8. The minimum Gasteiger partial charge on any atom is -0.348 e. The maximum atomic E-state index is 12.6. The average Bonchev–Trinajstić information content (AvgIpc) is 3.26. The van der Waals surface area contributed by atoms with Gasteiger partial charge in [-0.1, -0.05) is 66.2 Å². The largest absolute Gasteiger partial charge is 0.348 e. The van der Waals surface area contributed by atoms with Gasteiger partial charge in [-0.15, -0.1) is 5.10 Å². The van der Waals surface area contributed by atoms with Crippen molar-refractivity contribution in [2.75, 3.05) is 5.32 Å². The number of para-hydroxylation sites is 1. The number of amides is 1. The Kier molecular flexibility index (Phi) is 5.74. The molecule has 0 saturated heterocycles. The first kappa shape index (κ1) is 20.7. The van der Waals surface area contributed by atoms with E-state index in [9.17, 15) is 4.79 Å². The Balaban J connectivity index is 1.34. The fourth-order valence-corrected chi connectivity index (χ4v) is 3.74. The minimum atomic E-state index is -0.158. The van der Waals surface area contributed by atoms with E-state index in [1.54, 1.807) is 16.6 Å². The highest BCUT2D eigenvalue weighted by molar-refractivity contribution is 6.31. The molecule has 5 rings (SSSR count). The molecule has 5 aromatic rings. The molecule has 3 aromatic carbocycles. The zero-order valence-corrected chi connectivity index (χ0v) is 18.3. The number of rotatable bonds is 6. The highest BCUT2D eigenvalue weighted by Gasteiger charge is 2.11. The van der Waals surface area contributed by atoms with E-state index in [1.807, 2.05) is 84.9 Å². The lowest BCUT2D eigenvalue weighted by Gasteiger charge is -2.08. The van der Waals surface area contributed by atoms with Crippen LogP contribution in [0.5, 0.6) is 0 Å². The zero-order chi connectivity index (χ0) is 22.6. The molecule has 7 heteroatoms. The maximum Gasteiger partial charge on any atom is 0.251 e. The first-order chi connectivity index (χ1) is 16.2. The van der Waals surface area contributed by atoms with Crippen LogP contribution in [-0.2, 0) is 6.54 Å². The summed E-state index contributed by atoms with van der Waals surface area (Å²) in [7, 11) is 0. The zero-order valence-electron chi connectivity index (χ0n) is 17.6. The predicted octanol–water partition coefficient (Wildman–Crippen LogP) is 5.72. The Bertz CT molecular complexity index is 1410. The third-order valence-electron chi connectivity index (χ3n) is 5.23. The van der Waals surface area contributed by atoms with E-state index in [-0.39, 0.29) is 5.91 Å². The molecule has 1 amide bonds. The van der Waals surface area contributed by atoms with Gasteiger partial charge in [0.2, 0.25) is 5.95 Å². The van der Waals surface area contributed by atoms with Gasteiger partial charge in [-0.2, -0.15) is 4.98 Å². The molecular formula is C26H20ClN5O. The van der Waals surface area contributed by atoms with Gasteiger partial charge in [-0.05, 0) is 48.0 Å². The fraction of sp³-hybridized carbons (Fsp3) is 0.0385. The molecule has 0 atom stereocenters.